The predicted molar refractivity (Wildman–Crippen MR) is 64.0 cm³/mol. The number of hydrogen-bond donors (Lipinski definition) is 0. The van der Waals surface area contributed by atoms with Gasteiger partial charge in [-0.25, -0.2) is 4.79 Å². The highest BCUT2D eigenvalue weighted by Crippen LogP contribution is 2.24. The summed E-state index contributed by atoms with van der Waals surface area (Å²) in [6.07, 6.45) is 3.20. The van der Waals surface area contributed by atoms with Crippen LogP contribution in [0.2, 0.25) is 0 Å². The van der Waals surface area contributed by atoms with Crippen LogP contribution in [0.4, 0.5) is 0 Å². The van der Waals surface area contributed by atoms with Crippen LogP contribution in [0.3, 0.4) is 0 Å². The average molecular weight is 240 g/mol. The van der Waals surface area contributed by atoms with Gasteiger partial charge in [0.15, 0.2) is 0 Å². The van der Waals surface area contributed by atoms with Crippen molar-refractivity contribution in [3.05, 3.63) is 21.4 Å². The van der Waals surface area contributed by atoms with Crippen molar-refractivity contribution in [2.45, 2.75) is 33.1 Å². The Kier molecular flexibility index (Phi) is 5.19. The zero-order valence-corrected chi connectivity index (χ0v) is 10.4. The second kappa shape index (κ2) is 6.43. The molecule has 1 heterocycles. The van der Waals surface area contributed by atoms with Crippen molar-refractivity contribution in [2.75, 3.05) is 6.61 Å². The van der Waals surface area contributed by atoms with Gasteiger partial charge in [-0.05, 0) is 38.3 Å². The number of unbranched alkanes of at least 4 members (excludes halogenated alkanes) is 1. The molecule has 0 aliphatic carbocycles. The number of carbonyl (C=O) groups excluding carboxylic acids is 2. The first-order chi connectivity index (χ1) is 7.69. The summed E-state index contributed by atoms with van der Waals surface area (Å²) in [6, 6.07) is 1.86. The second-order valence-corrected chi connectivity index (χ2v) is 4.63. The number of aryl methyl sites for hydroxylation is 2. The third-order valence-electron chi connectivity index (χ3n) is 2.22. The van der Waals surface area contributed by atoms with Crippen molar-refractivity contribution in [2.24, 2.45) is 0 Å². The van der Waals surface area contributed by atoms with E-state index in [1.165, 1.54) is 16.2 Å². The van der Waals surface area contributed by atoms with Crippen LogP contribution < -0.4 is 0 Å². The molecule has 0 atom stereocenters. The second-order valence-electron chi connectivity index (χ2n) is 3.50. The minimum absolute atomic E-state index is 0.253. The molecule has 16 heavy (non-hydrogen) atoms. The standard InChI is InChI=1S/C12H16O3S/c1-3-15-12(14)11-8-9(2)10(16-11)6-4-5-7-13/h7-8H,3-6H2,1-2H3. The first kappa shape index (κ1) is 12.9. The largest absolute Gasteiger partial charge is 0.462 e. The molecule has 88 valence electrons. The van der Waals surface area contributed by atoms with E-state index in [0.29, 0.717) is 17.9 Å². The normalized spacial score (nSPS) is 10.1. The number of hydrogen-bond acceptors (Lipinski definition) is 4. The summed E-state index contributed by atoms with van der Waals surface area (Å²) in [5.74, 6) is -0.253. The molecule has 1 rings (SSSR count). The van der Waals surface area contributed by atoms with Crippen molar-refractivity contribution in [1.29, 1.82) is 0 Å². The fourth-order valence-corrected chi connectivity index (χ4v) is 2.53. The summed E-state index contributed by atoms with van der Waals surface area (Å²) in [5.41, 5.74) is 1.11. The maximum absolute atomic E-state index is 11.5. The topological polar surface area (TPSA) is 43.4 Å². The fourth-order valence-electron chi connectivity index (χ4n) is 1.42. The molecule has 0 N–H and O–H groups in total. The highest BCUT2D eigenvalue weighted by Gasteiger charge is 2.12. The van der Waals surface area contributed by atoms with Crippen LogP contribution >= 0.6 is 11.3 Å². The van der Waals surface area contributed by atoms with Crippen LogP contribution in [0.5, 0.6) is 0 Å². The summed E-state index contributed by atoms with van der Waals surface area (Å²) in [4.78, 5) is 23.5. The molecule has 0 aliphatic rings. The maximum atomic E-state index is 11.5. The molecule has 0 radical (unpaired) electrons. The van der Waals surface area contributed by atoms with Crippen LogP contribution in [0.25, 0.3) is 0 Å². The van der Waals surface area contributed by atoms with E-state index in [2.05, 4.69) is 0 Å². The van der Waals surface area contributed by atoms with Gasteiger partial charge in [-0.1, -0.05) is 0 Å². The Balaban J connectivity index is 2.65. The van der Waals surface area contributed by atoms with E-state index < -0.39 is 0 Å². The van der Waals surface area contributed by atoms with Gasteiger partial charge in [0.2, 0.25) is 0 Å². The molecule has 0 fully saturated rings. The van der Waals surface area contributed by atoms with Crippen LogP contribution in [0.15, 0.2) is 6.07 Å². The Morgan fingerprint density at radius 2 is 2.31 bits per heavy atom. The van der Waals surface area contributed by atoms with Crippen LogP contribution in [0, 0.1) is 6.92 Å². The van der Waals surface area contributed by atoms with Gasteiger partial charge in [0.05, 0.1) is 6.61 Å². The van der Waals surface area contributed by atoms with Crippen LogP contribution in [-0.2, 0) is 16.0 Å². The molecule has 4 heteroatoms. The summed E-state index contributed by atoms with van der Waals surface area (Å²) >= 11 is 1.47. The summed E-state index contributed by atoms with van der Waals surface area (Å²) < 4.78 is 4.94. The number of aldehydes is 1. The fraction of sp³-hybridized carbons (Fsp3) is 0.500. The van der Waals surface area contributed by atoms with Gasteiger partial charge in [0, 0.05) is 11.3 Å². The van der Waals surface area contributed by atoms with Gasteiger partial charge in [-0.3, -0.25) is 0 Å². The summed E-state index contributed by atoms with van der Waals surface area (Å²) in [7, 11) is 0. The lowest BCUT2D eigenvalue weighted by Crippen LogP contribution is -2.01. The highest BCUT2D eigenvalue weighted by atomic mass is 32.1. The molecule has 1 aromatic rings. The Labute approximate surface area is 99.4 Å². The van der Waals surface area contributed by atoms with Gasteiger partial charge in [0.25, 0.3) is 0 Å². The zero-order chi connectivity index (χ0) is 12.0. The van der Waals surface area contributed by atoms with Gasteiger partial charge in [-0.15, -0.1) is 11.3 Å². The van der Waals surface area contributed by atoms with E-state index in [4.69, 9.17) is 4.74 Å². The van der Waals surface area contributed by atoms with Crippen molar-refractivity contribution >= 4 is 23.6 Å². The van der Waals surface area contributed by atoms with Crippen LogP contribution in [-0.4, -0.2) is 18.9 Å². The lowest BCUT2D eigenvalue weighted by molar-refractivity contribution is -0.107. The van der Waals surface area contributed by atoms with Crippen LogP contribution in [0.1, 0.15) is 39.9 Å². The summed E-state index contributed by atoms with van der Waals surface area (Å²) in [5, 5.41) is 0. The minimum atomic E-state index is -0.253. The van der Waals surface area contributed by atoms with Crippen molar-refractivity contribution in [1.82, 2.24) is 0 Å². The third-order valence-corrected chi connectivity index (χ3v) is 3.50. The molecule has 0 saturated heterocycles. The molecule has 0 saturated carbocycles. The molecule has 0 aliphatic heterocycles. The monoisotopic (exact) mass is 240 g/mol. The molecule has 1 aromatic heterocycles. The van der Waals surface area contributed by atoms with E-state index in [1.807, 2.05) is 13.0 Å². The molecule has 3 nitrogen and oxygen atoms in total. The predicted octanol–water partition coefficient (Wildman–Crippen LogP) is 2.75. The van der Waals surface area contributed by atoms with Gasteiger partial charge >= 0.3 is 5.97 Å². The molecule has 0 spiro atoms. The molecular weight excluding hydrogens is 224 g/mol. The van der Waals surface area contributed by atoms with E-state index in [0.717, 1.165) is 24.7 Å². The lowest BCUT2D eigenvalue weighted by atomic mass is 10.1. The Morgan fingerprint density at radius 3 is 2.94 bits per heavy atom. The molecule has 0 unspecified atom stereocenters. The van der Waals surface area contributed by atoms with E-state index in [1.54, 1.807) is 6.92 Å². The number of esters is 1. The third kappa shape index (κ3) is 3.45. The van der Waals surface area contributed by atoms with Gasteiger partial charge in [-0.2, -0.15) is 0 Å². The minimum Gasteiger partial charge on any atom is -0.462 e. The quantitative estimate of drug-likeness (QED) is 0.436. The van der Waals surface area contributed by atoms with E-state index in [-0.39, 0.29) is 5.97 Å². The van der Waals surface area contributed by atoms with Crippen molar-refractivity contribution in [3.8, 4) is 0 Å². The van der Waals surface area contributed by atoms with Gasteiger partial charge < -0.3 is 9.53 Å². The smallest absolute Gasteiger partial charge is 0.348 e. The first-order valence-electron chi connectivity index (χ1n) is 5.39. The first-order valence-corrected chi connectivity index (χ1v) is 6.20. The molecule has 0 bridgehead atoms. The van der Waals surface area contributed by atoms with Crippen molar-refractivity contribution in [3.63, 3.8) is 0 Å². The highest BCUT2D eigenvalue weighted by molar-refractivity contribution is 7.14. The molecule has 0 amide bonds. The van der Waals surface area contributed by atoms with Gasteiger partial charge in [0.1, 0.15) is 11.2 Å². The molecule has 0 aromatic carbocycles. The number of thiophene rings is 1. The van der Waals surface area contributed by atoms with Crippen molar-refractivity contribution < 1.29 is 14.3 Å². The SMILES string of the molecule is CCOC(=O)c1cc(C)c(CCCC=O)s1. The Morgan fingerprint density at radius 1 is 1.56 bits per heavy atom. The summed E-state index contributed by atoms with van der Waals surface area (Å²) in [6.45, 7) is 4.18. The number of carbonyl (C=O) groups is 2. The van der Waals surface area contributed by atoms with E-state index >= 15 is 0 Å². The maximum Gasteiger partial charge on any atom is 0.348 e. The number of ether oxygens (including phenoxy) is 1. The van der Waals surface area contributed by atoms with E-state index in [9.17, 15) is 9.59 Å². The Bertz CT molecular complexity index is 368. The lowest BCUT2D eigenvalue weighted by Gasteiger charge is -1.97. The number of rotatable bonds is 6. The Hall–Kier alpha value is -1.16. The molecular formula is C12H16O3S. The zero-order valence-electron chi connectivity index (χ0n) is 9.62. The average Bonchev–Trinajstić information content (AvgIpc) is 2.61.